The van der Waals surface area contributed by atoms with Gasteiger partial charge in [0.15, 0.2) is 0 Å². The second-order valence-corrected chi connectivity index (χ2v) is 7.58. The van der Waals surface area contributed by atoms with Crippen molar-refractivity contribution in [3.63, 3.8) is 0 Å². The lowest BCUT2D eigenvalue weighted by Gasteiger charge is -2.33. The Bertz CT molecular complexity index is 783. The van der Waals surface area contributed by atoms with Crippen LogP contribution in [-0.4, -0.2) is 35.5 Å². The zero-order valence-electron chi connectivity index (χ0n) is 17.0. The Labute approximate surface area is 171 Å². The van der Waals surface area contributed by atoms with Crippen LogP contribution in [0, 0.1) is 11.7 Å². The Balaban J connectivity index is 1.44. The molecule has 1 aliphatic rings. The van der Waals surface area contributed by atoms with Crippen molar-refractivity contribution in [1.29, 1.82) is 0 Å². The van der Waals surface area contributed by atoms with Gasteiger partial charge in [0.2, 0.25) is 5.91 Å². The van der Waals surface area contributed by atoms with Crippen LogP contribution >= 0.6 is 0 Å². The minimum Gasteiger partial charge on any atom is -0.370 e. The third-order valence-electron chi connectivity index (χ3n) is 5.23. The number of benzene rings is 1. The summed E-state index contributed by atoms with van der Waals surface area (Å²) < 4.78 is 12.9. The van der Waals surface area contributed by atoms with E-state index in [1.165, 1.54) is 12.1 Å². The summed E-state index contributed by atoms with van der Waals surface area (Å²) in [6, 6.07) is 8.22. The Morgan fingerprint density at radius 1 is 1.28 bits per heavy atom. The van der Waals surface area contributed by atoms with Crippen LogP contribution < -0.4 is 15.5 Å². The van der Waals surface area contributed by atoms with Crippen molar-refractivity contribution in [3.8, 4) is 0 Å². The zero-order valence-corrected chi connectivity index (χ0v) is 17.0. The van der Waals surface area contributed by atoms with Crippen molar-refractivity contribution >= 4 is 17.5 Å². The molecule has 3 rings (SSSR count). The second kappa shape index (κ2) is 10.7. The molecular weight excluding hydrogens is 369 g/mol. The molecule has 1 atom stereocenters. The number of carbonyl (C=O) groups is 1. The van der Waals surface area contributed by atoms with Gasteiger partial charge in [0.05, 0.1) is 0 Å². The molecule has 7 heteroatoms. The minimum absolute atomic E-state index is 0.0412. The van der Waals surface area contributed by atoms with Gasteiger partial charge in [-0.15, -0.1) is 0 Å². The molecule has 0 radical (unpaired) electrons. The number of carbonyl (C=O) groups excluding carboxylic acids is 1. The monoisotopic (exact) mass is 399 g/mol. The van der Waals surface area contributed by atoms with Crippen molar-refractivity contribution in [1.82, 2.24) is 15.3 Å². The van der Waals surface area contributed by atoms with Gasteiger partial charge >= 0.3 is 0 Å². The Kier molecular flexibility index (Phi) is 7.78. The van der Waals surface area contributed by atoms with Gasteiger partial charge < -0.3 is 15.5 Å². The number of piperidine rings is 1. The number of hydrogen-bond acceptors (Lipinski definition) is 5. The smallest absolute Gasteiger partial charge is 0.220 e. The average molecular weight is 400 g/mol. The summed E-state index contributed by atoms with van der Waals surface area (Å²) >= 11 is 0. The molecule has 1 aromatic carbocycles. The highest BCUT2D eigenvalue weighted by Crippen LogP contribution is 2.25. The van der Waals surface area contributed by atoms with Crippen LogP contribution in [0.5, 0.6) is 0 Å². The van der Waals surface area contributed by atoms with E-state index in [-0.39, 0.29) is 11.7 Å². The molecule has 1 saturated heterocycles. The van der Waals surface area contributed by atoms with Crippen LogP contribution in [0.15, 0.2) is 36.7 Å². The van der Waals surface area contributed by atoms with E-state index in [9.17, 15) is 9.18 Å². The maximum Gasteiger partial charge on any atom is 0.220 e. The third-order valence-corrected chi connectivity index (χ3v) is 5.23. The minimum atomic E-state index is -0.265. The first kappa shape index (κ1) is 21.0. The highest BCUT2D eigenvalue weighted by Gasteiger charge is 2.22. The van der Waals surface area contributed by atoms with E-state index in [0.29, 0.717) is 18.9 Å². The van der Waals surface area contributed by atoms with Crippen molar-refractivity contribution in [2.24, 2.45) is 5.92 Å². The number of anilines is 2. The van der Waals surface area contributed by atoms with Crippen molar-refractivity contribution < 1.29 is 9.18 Å². The van der Waals surface area contributed by atoms with Crippen LogP contribution in [0.2, 0.25) is 0 Å². The first-order chi connectivity index (χ1) is 14.1. The van der Waals surface area contributed by atoms with Crippen LogP contribution in [-0.2, 0) is 11.3 Å². The van der Waals surface area contributed by atoms with Gasteiger partial charge in [-0.1, -0.05) is 19.1 Å². The second-order valence-electron chi connectivity index (χ2n) is 7.58. The Morgan fingerprint density at radius 2 is 2.10 bits per heavy atom. The standard InChI is InChI=1S/C22H30FN5O/c1-2-11-24-20-13-21(27-16-26-20)28-12-3-4-18(15-28)7-10-22(29)25-14-17-5-8-19(23)9-6-17/h5-6,8-9,13,16,18H,2-4,7,10-12,14-15H2,1H3,(H,25,29)(H,24,26,27)/t18-/m1/s1. The molecule has 29 heavy (non-hydrogen) atoms. The first-order valence-electron chi connectivity index (χ1n) is 10.5. The number of amides is 1. The van der Waals surface area contributed by atoms with Gasteiger partial charge in [-0.2, -0.15) is 0 Å². The van der Waals surface area contributed by atoms with Gasteiger partial charge in [-0.3, -0.25) is 4.79 Å². The highest BCUT2D eigenvalue weighted by molar-refractivity contribution is 5.75. The molecule has 1 amide bonds. The van der Waals surface area contributed by atoms with Gasteiger partial charge in [0.1, 0.15) is 23.8 Å². The summed E-state index contributed by atoms with van der Waals surface area (Å²) in [6.45, 7) is 5.35. The fourth-order valence-electron chi connectivity index (χ4n) is 3.61. The Morgan fingerprint density at radius 3 is 2.90 bits per heavy atom. The lowest BCUT2D eigenvalue weighted by Crippen LogP contribution is -2.36. The van der Waals surface area contributed by atoms with Crippen LogP contribution in [0.25, 0.3) is 0 Å². The molecule has 1 aromatic heterocycles. The highest BCUT2D eigenvalue weighted by atomic mass is 19.1. The molecule has 2 aromatic rings. The maximum absolute atomic E-state index is 12.9. The quantitative estimate of drug-likeness (QED) is 0.672. The van der Waals surface area contributed by atoms with E-state index in [1.54, 1.807) is 18.5 Å². The predicted molar refractivity (Wildman–Crippen MR) is 113 cm³/mol. The van der Waals surface area contributed by atoms with Gasteiger partial charge in [-0.05, 0) is 49.3 Å². The van der Waals surface area contributed by atoms with Crippen LogP contribution in [0.3, 0.4) is 0 Å². The summed E-state index contributed by atoms with van der Waals surface area (Å²) in [4.78, 5) is 23.2. The fourth-order valence-corrected chi connectivity index (χ4v) is 3.61. The van der Waals surface area contributed by atoms with E-state index in [1.807, 2.05) is 6.07 Å². The van der Waals surface area contributed by atoms with Gasteiger partial charge in [0, 0.05) is 38.7 Å². The zero-order chi connectivity index (χ0) is 20.5. The maximum atomic E-state index is 12.9. The topological polar surface area (TPSA) is 70.2 Å². The number of rotatable bonds is 9. The SMILES string of the molecule is CCCNc1cc(N2CCC[C@H](CCC(=O)NCc3ccc(F)cc3)C2)ncn1. The van der Waals surface area contributed by atoms with E-state index >= 15 is 0 Å². The molecule has 0 saturated carbocycles. The number of aromatic nitrogens is 2. The normalized spacial score (nSPS) is 16.5. The lowest BCUT2D eigenvalue weighted by atomic mass is 9.93. The van der Waals surface area contributed by atoms with E-state index in [4.69, 9.17) is 0 Å². The third kappa shape index (κ3) is 6.69. The van der Waals surface area contributed by atoms with E-state index < -0.39 is 0 Å². The molecule has 1 aliphatic heterocycles. The molecule has 156 valence electrons. The number of nitrogens with zero attached hydrogens (tertiary/aromatic N) is 3. The molecule has 2 heterocycles. The summed E-state index contributed by atoms with van der Waals surface area (Å²) in [5, 5.41) is 6.23. The summed E-state index contributed by atoms with van der Waals surface area (Å²) in [5.41, 5.74) is 0.903. The molecule has 1 fully saturated rings. The molecule has 0 unspecified atom stereocenters. The molecule has 0 aliphatic carbocycles. The van der Waals surface area contributed by atoms with Crippen LogP contribution in [0.1, 0.15) is 44.6 Å². The van der Waals surface area contributed by atoms with Crippen molar-refractivity contribution in [2.45, 2.75) is 45.6 Å². The first-order valence-corrected chi connectivity index (χ1v) is 10.5. The van der Waals surface area contributed by atoms with Crippen molar-refractivity contribution in [3.05, 3.63) is 48.0 Å². The van der Waals surface area contributed by atoms with E-state index in [0.717, 1.165) is 62.5 Å². The largest absolute Gasteiger partial charge is 0.370 e. The number of hydrogen-bond donors (Lipinski definition) is 2. The van der Waals surface area contributed by atoms with Crippen LogP contribution in [0.4, 0.5) is 16.0 Å². The summed E-state index contributed by atoms with van der Waals surface area (Å²) in [7, 11) is 0. The number of halogens is 1. The predicted octanol–water partition coefficient (Wildman–Crippen LogP) is 3.75. The lowest BCUT2D eigenvalue weighted by molar-refractivity contribution is -0.121. The van der Waals surface area contributed by atoms with Gasteiger partial charge in [0.25, 0.3) is 0 Å². The summed E-state index contributed by atoms with van der Waals surface area (Å²) in [6.07, 6.45) is 6.26. The Hall–Kier alpha value is -2.70. The van der Waals surface area contributed by atoms with E-state index in [2.05, 4.69) is 32.4 Å². The molecule has 0 spiro atoms. The van der Waals surface area contributed by atoms with Crippen molar-refractivity contribution in [2.75, 3.05) is 29.9 Å². The average Bonchev–Trinajstić information content (AvgIpc) is 2.76. The molecule has 6 nitrogen and oxygen atoms in total. The number of nitrogens with one attached hydrogen (secondary N) is 2. The molecular formula is C22H30FN5O. The molecule has 0 bridgehead atoms. The molecule has 2 N–H and O–H groups in total. The van der Waals surface area contributed by atoms with Gasteiger partial charge in [-0.25, -0.2) is 14.4 Å². The fraction of sp³-hybridized carbons (Fsp3) is 0.500. The summed E-state index contributed by atoms with van der Waals surface area (Å²) in [5.74, 6) is 2.06.